The van der Waals surface area contributed by atoms with Crippen molar-refractivity contribution in [1.29, 1.82) is 0 Å². The fourth-order valence-corrected chi connectivity index (χ4v) is 4.64. The van der Waals surface area contributed by atoms with Crippen LogP contribution in [0.25, 0.3) is 0 Å². The molecule has 0 bridgehead atoms. The van der Waals surface area contributed by atoms with Crippen molar-refractivity contribution in [3.05, 3.63) is 58.8 Å². The molecular formula is C18H20BrN3O3S. The highest BCUT2D eigenvalue weighted by molar-refractivity contribution is 9.10. The van der Waals surface area contributed by atoms with Gasteiger partial charge in [0.1, 0.15) is 4.90 Å². The molecule has 0 aliphatic heterocycles. The maximum absolute atomic E-state index is 12.9. The Labute approximate surface area is 162 Å². The minimum Gasteiger partial charge on any atom is -0.340 e. The number of benzene rings is 1. The molecule has 2 aromatic rings. The van der Waals surface area contributed by atoms with Gasteiger partial charge in [-0.3, -0.25) is 9.78 Å². The van der Waals surface area contributed by atoms with Gasteiger partial charge in [-0.15, -0.1) is 0 Å². The van der Waals surface area contributed by atoms with Gasteiger partial charge in [0.05, 0.1) is 6.54 Å². The van der Waals surface area contributed by atoms with Crippen molar-refractivity contribution in [3.8, 4) is 0 Å². The van der Waals surface area contributed by atoms with Gasteiger partial charge < -0.3 is 4.90 Å². The Morgan fingerprint density at radius 2 is 1.96 bits per heavy atom. The topological polar surface area (TPSA) is 70.6 Å². The number of pyridine rings is 1. The van der Waals surface area contributed by atoms with Crippen LogP contribution in [0.3, 0.4) is 0 Å². The first-order valence-electron chi connectivity index (χ1n) is 8.29. The summed E-state index contributed by atoms with van der Waals surface area (Å²) in [6.45, 7) is 0.245. The molecule has 1 amide bonds. The van der Waals surface area contributed by atoms with E-state index in [9.17, 15) is 13.2 Å². The van der Waals surface area contributed by atoms with Gasteiger partial charge in [0.2, 0.25) is 15.9 Å². The normalized spacial score (nSPS) is 14.4. The minimum absolute atomic E-state index is 0.110. The van der Waals surface area contributed by atoms with Crippen molar-refractivity contribution in [1.82, 2.24) is 14.2 Å². The van der Waals surface area contributed by atoms with E-state index in [1.54, 1.807) is 18.0 Å². The van der Waals surface area contributed by atoms with Gasteiger partial charge in [0.15, 0.2) is 0 Å². The number of aromatic nitrogens is 1. The number of hydrogen-bond acceptors (Lipinski definition) is 4. The predicted octanol–water partition coefficient (Wildman–Crippen LogP) is 2.66. The number of rotatable bonds is 7. The molecular weight excluding hydrogens is 418 g/mol. The molecule has 1 fully saturated rings. The van der Waals surface area contributed by atoms with Crippen LogP contribution in [-0.2, 0) is 21.4 Å². The van der Waals surface area contributed by atoms with Crippen molar-refractivity contribution >= 4 is 31.9 Å². The van der Waals surface area contributed by atoms with E-state index < -0.39 is 10.0 Å². The van der Waals surface area contributed by atoms with Crippen LogP contribution in [0.4, 0.5) is 0 Å². The van der Waals surface area contributed by atoms with Crippen LogP contribution in [0.15, 0.2) is 58.2 Å². The summed E-state index contributed by atoms with van der Waals surface area (Å²) in [4.78, 5) is 18.2. The highest BCUT2D eigenvalue weighted by atomic mass is 79.9. The Kier molecular flexibility index (Phi) is 5.74. The van der Waals surface area contributed by atoms with Crippen molar-refractivity contribution < 1.29 is 13.2 Å². The molecule has 0 unspecified atom stereocenters. The van der Waals surface area contributed by atoms with Gasteiger partial charge in [0, 0.05) is 36.5 Å². The molecule has 1 aromatic heterocycles. The zero-order chi connectivity index (χ0) is 18.7. The molecule has 1 aliphatic carbocycles. The number of carbonyl (C=O) groups excluding carboxylic acids is 1. The molecule has 138 valence electrons. The van der Waals surface area contributed by atoms with Gasteiger partial charge in [-0.25, -0.2) is 8.42 Å². The van der Waals surface area contributed by atoms with E-state index in [0.717, 1.165) is 22.9 Å². The molecule has 3 rings (SSSR count). The van der Waals surface area contributed by atoms with Gasteiger partial charge in [-0.05, 0) is 36.6 Å². The van der Waals surface area contributed by atoms with Gasteiger partial charge in [0.25, 0.3) is 0 Å². The van der Waals surface area contributed by atoms with Crippen molar-refractivity contribution in [2.24, 2.45) is 0 Å². The number of amides is 1. The predicted molar refractivity (Wildman–Crippen MR) is 102 cm³/mol. The zero-order valence-electron chi connectivity index (χ0n) is 14.4. The third-order valence-electron chi connectivity index (χ3n) is 4.28. The molecule has 1 heterocycles. The average Bonchev–Trinajstić information content (AvgIpc) is 3.46. The quantitative estimate of drug-likeness (QED) is 0.667. The standard InChI is InChI=1S/C18H20BrN3O3S/c1-21(12-14-5-2-3-7-17(14)19)18(23)13-22(15-8-9-15)26(24,25)16-6-4-10-20-11-16/h2-7,10-11,15H,8-9,12-13H2,1H3. The third kappa shape index (κ3) is 4.31. The smallest absolute Gasteiger partial charge is 0.245 e. The molecule has 0 radical (unpaired) electrons. The number of halogens is 1. The number of likely N-dealkylation sites (N-methyl/N-ethyl adjacent to an activating group) is 1. The van der Waals surface area contributed by atoms with Crippen LogP contribution in [0.2, 0.25) is 0 Å². The fourth-order valence-electron chi connectivity index (χ4n) is 2.63. The summed E-state index contributed by atoms with van der Waals surface area (Å²) in [5.41, 5.74) is 0.969. The number of nitrogens with zero attached hydrogens (tertiary/aromatic N) is 3. The van der Waals surface area contributed by atoms with E-state index >= 15 is 0 Å². The number of carbonyl (C=O) groups is 1. The Morgan fingerprint density at radius 3 is 2.58 bits per heavy atom. The number of hydrogen-bond donors (Lipinski definition) is 0. The second-order valence-corrected chi connectivity index (χ2v) is 9.06. The van der Waals surface area contributed by atoms with E-state index in [1.165, 1.54) is 22.8 Å². The van der Waals surface area contributed by atoms with Crippen LogP contribution in [0.5, 0.6) is 0 Å². The lowest BCUT2D eigenvalue weighted by Gasteiger charge is -2.25. The minimum atomic E-state index is -3.73. The molecule has 0 atom stereocenters. The summed E-state index contributed by atoms with van der Waals surface area (Å²) >= 11 is 3.47. The summed E-state index contributed by atoms with van der Waals surface area (Å²) in [5.74, 6) is -0.236. The van der Waals surface area contributed by atoms with Crippen LogP contribution in [0.1, 0.15) is 18.4 Å². The van der Waals surface area contributed by atoms with E-state index in [0.29, 0.717) is 6.54 Å². The monoisotopic (exact) mass is 437 g/mol. The second-order valence-electron chi connectivity index (χ2n) is 6.31. The van der Waals surface area contributed by atoms with E-state index in [-0.39, 0.29) is 23.4 Å². The summed E-state index contributed by atoms with van der Waals surface area (Å²) in [6, 6.07) is 10.6. The summed E-state index contributed by atoms with van der Waals surface area (Å²) in [6.07, 6.45) is 4.40. The Morgan fingerprint density at radius 1 is 1.23 bits per heavy atom. The van der Waals surface area contributed by atoms with Crippen molar-refractivity contribution in [2.75, 3.05) is 13.6 Å². The summed E-state index contributed by atoms with van der Waals surface area (Å²) in [5, 5.41) is 0. The second kappa shape index (κ2) is 7.85. The fraction of sp³-hybridized carbons (Fsp3) is 0.333. The first kappa shape index (κ1) is 19.0. The van der Waals surface area contributed by atoms with Gasteiger partial charge in [-0.2, -0.15) is 4.31 Å². The lowest BCUT2D eigenvalue weighted by molar-refractivity contribution is -0.130. The SMILES string of the molecule is CN(Cc1ccccc1Br)C(=O)CN(C1CC1)S(=O)(=O)c1cccnc1. The maximum atomic E-state index is 12.9. The van der Waals surface area contributed by atoms with Crippen LogP contribution >= 0.6 is 15.9 Å². The van der Waals surface area contributed by atoms with Crippen LogP contribution in [0, 0.1) is 0 Å². The van der Waals surface area contributed by atoms with Crippen molar-refractivity contribution in [3.63, 3.8) is 0 Å². The molecule has 26 heavy (non-hydrogen) atoms. The molecule has 0 saturated heterocycles. The number of sulfonamides is 1. The molecule has 1 aliphatic rings. The third-order valence-corrected chi connectivity index (χ3v) is 6.93. The molecule has 0 spiro atoms. The van der Waals surface area contributed by atoms with E-state index in [4.69, 9.17) is 0 Å². The highest BCUT2D eigenvalue weighted by Crippen LogP contribution is 2.31. The maximum Gasteiger partial charge on any atom is 0.245 e. The molecule has 8 heteroatoms. The highest BCUT2D eigenvalue weighted by Gasteiger charge is 2.39. The largest absolute Gasteiger partial charge is 0.340 e. The first-order valence-corrected chi connectivity index (χ1v) is 10.5. The molecule has 6 nitrogen and oxygen atoms in total. The van der Waals surface area contributed by atoms with Crippen LogP contribution in [-0.4, -0.2) is 48.1 Å². The molecule has 1 aromatic carbocycles. The van der Waals surface area contributed by atoms with Gasteiger partial charge >= 0.3 is 0 Å². The Balaban J connectivity index is 1.74. The molecule has 0 N–H and O–H groups in total. The lowest BCUT2D eigenvalue weighted by atomic mass is 10.2. The first-order chi connectivity index (χ1) is 12.4. The molecule has 1 saturated carbocycles. The van der Waals surface area contributed by atoms with Crippen LogP contribution < -0.4 is 0 Å². The Bertz CT molecular complexity index is 886. The van der Waals surface area contributed by atoms with Crippen molar-refractivity contribution in [2.45, 2.75) is 30.3 Å². The lowest BCUT2D eigenvalue weighted by Crippen LogP contribution is -2.42. The summed E-state index contributed by atoms with van der Waals surface area (Å²) < 4.78 is 28.0. The average molecular weight is 438 g/mol. The van der Waals surface area contributed by atoms with Gasteiger partial charge in [-0.1, -0.05) is 34.1 Å². The van der Waals surface area contributed by atoms with E-state index in [2.05, 4.69) is 20.9 Å². The summed E-state index contributed by atoms with van der Waals surface area (Å²) in [7, 11) is -2.05. The Hall–Kier alpha value is -1.77. The zero-order valence-corrected chi connectivity index (χ0v) is 16.8. The van der Waals surface area contributed by atoms with E-state index in [1.807, 2.05) is 24.3 Å².